The Bertz CT molecular complexity index is 871. The average molecular weight is 344 g/mol. The number of benzene rings is 2. The van der Waals surface area contributed by atoms with Crippen LogP contribution in [-0.2, 0) is 0 Å². The molecule has 1 aromatic heterocycles. The average Bonchev–Trinajstić information content (AvgIpc) is 2.54. The monoisotopic (exact) mass is 343 g/mol. The van der Waals surface area contributed by atoms with Crippen LogP contribution in [0, 0.1) is 0 Å². The van der Waals surface area contributed by atoms with Gasteiger partial charge in [0.1, 0.15) is 5.15 Å². The quantitative estimate of drug-likeness (QED) is 0.614. The predicted octanol–water partition coefficient (Wildman–Crippen LogP) is 5.17. The van der Waals surface area contributed by atoms with Crippen molar-refractivity contribution in [1.82, 2.24) is 9.97 Å². The van der Waals surface area contributed by atoms with Gasteiger partial charge in [-0.2, -0.15) is 0 Å². The lowest BCUT2D eigenvalue weighted by atomic mass is 10.2. The Morgan fingerprint density at radius 1 is 0.913 bits per heavy atom. The summed E-state index contributed by atoms with van der Waals surface area (Å²) in [4.78, 5) is 10.9. The van der Waals surface area contributed by atoms with Crippen molar-refractivity contribution in [2.24, 2.45) is 0 Å². The van der Waals surface area contributed by atoms with Crippen LogP contribution in [0.4, 0.5) is 5.69 Å². The van der Waals surface area contributed by atoms with Gasteiger partial charge in [-0.3, -0.25) is 0 Å². The maximum absolute atomic E-state index is 6.22. The van der Waals surface area contributed by atoms with E-state index in [-0.39, 0.29) is 0 Å². The summed E-state index contributed by atoms with van der Waals surface area (Å²) in [5.74, 6) is 0.571. The number of aromatic nitrogens is 2. The molecular weight excluding hydrogens is 329 g/mol. The van der Waals surface area contributed by atoms with Crippen LogP contribution in [0.1, 0.15) is 11.4 Å². The summed E-state index contributed by atoms with van der Waals surface area (Å²) in [5.41, 5.74) is 3.01. The van der Waals surface area contributed by atoms with Crippen molar-refractivity contribution in [3.63, 3.8) is 0 Å². The maximum Gasteiger partial charge on any atom is 0.154 e. The molecule has 0 unspecified atom stereocenters. The molecule has 0 saturated heterocycles. The van der Waals surface area contributed by atoms with Gasteiger partial charge in [0.25, 0.3) is 0 Å². The summed E-state index contributed by atoms with van der Waals surface area (Å²) in [6, 6.07) is 13.6. The first kappa shape index (κ1) is 15.8. The van der Waals surface area contributed by atoms with Crippen molar-refractivity contribution in [1.29, 1.82) is 0 Å². The van der Waals surface area contributed by atoms with Gasteiger partial charge in [0, 0.05) is 30.2 Å². The molecule has 0 amide bonds. The Balaban J connectivity index is 1.90. The van der Waals surface area contributed by atoms with E-state index in [4.69, 9.17) is 23.2 Å². The Morgan fingerprint density at radius 3 is 2.35 bits per heavy atom. The van der Waals surface area contributed by atoms with Crippen molar-refractivity contribution >= 4 is 51.9 Å². The number of nitrogens with zero attached hydrogens (tertiary/aromatic N) is 3. The minimum absolute atomic E-state index is 0.403. The highest BCUT2D eigenvalue weighted by atomic mass is 35.5. The minimum atomic E-state index is 0.403. The smallest absolute Gasteiger partial charge is 0.154 e. The molecule has 3 nitrogen and oxygen atoms in total. The van der Waals surface area contributed by atoms with Gasteiger partial charge in [-0.05, 0) is 42.0 Å². The topological polar surface area (TPSA) is 29.0 Å². The molecule has 3 aromatic rings. The molecule has 0 atom stereocenters. The van der Waals surface area contributed by atoms with Crippen LogP contribution in [0.15, 0.2) is 42.5 Å². The van der Waals surface area contributed by atoms with Gasteiger partial charge in [0.2, 0.25) is 0 Å². The zero-order valence-electron chi connectivity index (χ0n) is 12.8. The zero-order valence-corrected chi connectivity index (χ0v) is 14.3. The third kappa shape index (κ3) is 3.63. The molecular formula is C18H15Cl2N3. The first-order valence-corrected chi connectivity index (χ1v) is 7.87. The molecule has 1 heterocycles. The first-order chi connectivity index (χ1) is 11.0. The predicted molar refractivity (Wildman–Crippen MR) is 99.3 cm³/mol. The summed E-state index contributed by atoms with van der Waals surface area (Å²) in [6.07, 6.45) is 3.82. The second-order valence-electron chi connectivity index (χ2n) is 5.35. The van der Waals surface area contributed by atoms with Crippen molar-refractivity contribution in [2.45, 2.75) is 0 Å². The molecule has 0 bridgehead atoms. The van der Waals surface area contributed by atoms with Gasteiger partial charge in [-0.1, -0.05) is 41.4 Å². The van der Waals surface area contributed by atoms with Crippen molar-refractivity contribution in [2.75, 3.05) is 19.0 Å². The van der Waals surface area contributed by atoms with E-state index in [1.807, 2.05) is 44.4 Å². The van der Waals surface area contributed by atoms with E-state index in [1.54, 1.807) is 12.1 Å². The second kappa shape index (κ2) is 6.57. The molecule has 0 fully saturated rings. The maximum atomic E-state index is 6.22. The third-order valence-electron chi connectivity index (χ3n) is 3.46. The Labute approximate surface area is 145 Å². The lowest BCUT2D eigenvalue weighted by molar-refractivity contribution is 1.13. The SMILES string of the molecule is CN(C)c1ccc(/C=C/c2nc(Cl)c3cc(Cl)ccc3n2)cc1. The highest BCUT2D eigenvalue weighted by molar-refractivity contribution is 6.35. The lowest BCUT2D eigenvalue weighted by Gasteiger charge is -2.11. The van der Waals surface area contributed by atoms with Crippen LogP contribution in [-0.4, -0.2) is 24.1 Å². The van der Waals surface area contributed by atoms with Gasteiger partial charge in [-0.15, -0.1) is 0 Å². The Hall–Kier alpha value is -2.10. The molecule has 0 aliphatic carbocycles. The molecule has 0 N–H and O–H groups in total. The molecule has 5 heteroatoms. The highest BCUT2D eigenvalue weighted by Crippen LogP contribution is 2.24. The van der Waals surface area contributed by atoms with E-state index in [9.17, 15) is 0 Å². The van der Waals surface area contributed by atoms with Crippen LogP contribution in [0.2, 0.25) is 10.2 Å². The number of rotatable bonds is 3. The van der Waals surface area contributed by atoms with E-state index in [1.165, 1.54) is 0 Å². The first-order valence-electron chi connectivity index (χ1n) is 7.11. The molecule has 2 aromatic carbocycles. The van der Waals surface area contributed by atoms with Crippen LogP contribution < -0.4 is 4.90 Å². The van der Waals surface area contributed by atoms with Gasteiger partial charge in [-0.25, -0.2) is 9.97 Å². The summed E-state index contributed by atoms with van der Waals surface area (Å²) in [5, 5.41) is 1.78. The van der Waals surface area contributed by atoms with Gasteiger partial charge < -0.3 is 4.90 Å². The van der Waals surface area contributed by atoms with Crippen LogP contribution in [0.5, 0.6) is 0 Å². The molecule has 0 aliphatic heterocycles. The van der Waals surface area contributed by atoms with E-state index in [0.717, 1.165) is 22.2 Å². The van der Waals surface area contributed by atoms with Crippen LogP contribution >= 0.6 is 23.2 Å². The summed E-state index contributed by atoms with van der Waals surface area (Å²) in [6.45, 7) is 0. The lowest BCUT2D eigenvalue weighted by Crippen LogP contribution is -2.07. The second-order valence-corrected chi connectivity index (χ2v) is 6.15. The fourth-order valence-electron chi connectivity index (χ4n) is 2.21. The summed E-state index contributed by atoms with van der Waals surface area (Å²) in [7, 11) is 4.03. The highest BCUT2D eigenvalue weighted by Gasteiger charge is 2.05. The van der Waals surface area contributed by atoms with E-state index < -0.39 is 0 Å². The normalized spacial score (nSPS) is 11.3. The molecule has 0 aliphatic rings. The molecule has 23 heavy (non-hydrogen) atoms. The van der Waals surface area contributed by atoms with Crippen molar-refractivity contribution in [3.8, 4) is 0 Å². The van der Waals surface area contributed by atoms with E-state index in [0.29, 0.717) is 16.0 Å². The van der Waals surface area contributed by atoms with Gasteiger partial charge >= 0.3 is 0 Å². The minimum Gasteiger partial charge on any atom is -0.378 e. The standard InChI is InChI=1S/C18H15Cl2N3/c1-23(2)14-7-3-12(4-8-14)5-10-17-21-16-9-6-13(19)11-15(16)18(20)22-17/h3-11H,1-2H3/b10-5+. The van der Waals surface area contributed by atoms with Gasteiger partial charge in [0.15, 0.2) is 5.82 Å². The zero-order chi connectivity index (χ0) is 16.4. The van der Waals surface area contributed by atoms with E-state index in [2.05, 4.69) is 27.0 Å². The van der Waals surface area contributed by atoms with Crippen molar-refractivity contribution < 1.29 is 0 Å². The molecule has 0 spiro atoms. The van der Waals surface area contributed by atoms with Gasteiger partial charge in [0.05, 0.1) is 5.52 Å². The number of halogens is 2. The van der Waals surface area contributed by atoms with Crippen molar-refractivity contribution in [3.05, 3.63) is 64.0 Å². The Kier molecular flexibility index (Phi) is 4.51. The molecule has 0 radical (unpaired) electrons. The van der Waals surface area contributed by atoms with E-state index >= 15 is 0 Å². The molecule has 116 valence electrons. The summed E-state index contributed by atoms with van der Waals surface area (Å²) < 4.78 is 0. The third-order valence-corrected chi connectivity index (χ3v) is 3.99. The molecule has 3 rings (SSSR count). The number of anilines is 1. The number of hydrogen-bond donors (Lipinski definition) is 0. The summed E-state index contributed by atoms with van der Waals surface area (Å²) >= 11 is 12.2. The molecule has 0 saturated carbocycles. The van der Waals surface area contributed by atoms with Crippen LogP contribution in [0.25, 0.3) is 23.1 Å². The van der Waals surface area contributed by atoms with Crippen LogP contribution in [0.3, 0.4) is 0 Å². The number of hydrogen-bond acceptors (Lipinski definition) is 3. The number of fused-ring (bicyclic) bond motifs is 1. The Morgan fingerprint density at radius 2 is 1.65 bits per heavy atom. The largest absolute Gasteiger partial charge is 0.378 e. The fraction of sp³-hybridized carbons (Fsp3) is 0.111. The fourth-order valence-corrected chi connectivity index (χ4v) is 2.62.